The lowest BCUT2D eigenvalue weighted by Gasteiger charge is -2.32. The molecule has 0 aromatic carbocycles. The molecule has 0 aliphatic carbocycles. The number of nitrogens with two attached hydrogens (primary N) is 1. The third-order valence-electron chi connectivity index (χ3n) is 4.61. The van der Waals surface area contributed by atoms with Gasteiger partial charge in [-0.1, -0.05) is 13.8 Å². The lowest BCUT2D eigenvalue weighted by atomic mass is 9.88. The molecule has 3 unspecified atom stereocenters. The van der Waals surface area contributed by atoms with Crippen molar-refractivity contribution in [1.29, 1.82) is 0 Å². The Hall–Kier alpha value is -0.610. The minimum Gasteiger partial charge on any atom is -0.371 e. The minimum absolute atomic E-state index is 0.299. The maximum Gasteiger partial charge on any atom is 0.222 e. The molecule has 1 amide bonds. The van der Waals surface area contributed by atoms with Gasteiger partial charge in [-0.15, -0.1) is 0 Å². The van der Waals surface area contributed by atoms with Crippen molar-refractivity contribution in [3.63, 3.8) is 0 Å². The molecule has 0 saturated carbocycles. The topological polar surface area (TPSA) is 55.6 Å². The number of carbonyl (C=O) groups excluding carboxylic acids is 1. The average molecular weight is 268 g/mol. The molecule has 4 heteroatoms. The van der Waals surface area contributed by atoms with Crippen molar-refractivity contribution >= 4 is 5.91 Å². The van der Waals surface area contributed by atoms with E-state index in [-0.39, 0.29) is 0 Å². The minimum atomic E-state index is 0.299. The third-order valence-corrected chi connectivity index (χ3v) is 4.61. The molecule has 2 saturated heterocycles. The molecular weight excluding hydrogens is 240 g/mol. The summed E-state index contributed by atoms with van der Waals surface area (Å²) in [4.78, 5) is 14.3. The van der Waals surface area contributed by atoms with E-state index in [2.05, 4.69) is 13.8 Å². The second-order valence-electron chi connectivity index (χ2n) is 6.38. The molecule has 2 bridgehead atoms. The Kier molecular flexibility index (Phi) is 5.22. The van der Waals surface area contributed by atoms with Gasteiger partial charge in [0.1, 0.15) is 0 Å². The Morgan fingerprint density at radius 1 is 1.26 bits per heavy atom. The molecule has 4 nitrogen and oxygen atoms in total. The van der Waals surface area contributed by atoms with E-state index in [0.717, 1.165) is 45.3 Å². The second kappa shape index (κ2) is 6.71. The van der Waals surface area contributed by atoms with Gasteiger partial charge in [0.2, 0.25) is 5.91 Å². The Morgan fingerprint density at radius 3 is 2.42 bits per heavy atom. The summed E-state index contributed by atoms with van der Waals surface area (Å²) < 4.78 is 5.77. The summed E-state index contributed by atoms with van der Waals surface area (Å²) in [6.07, 6.45) is 5.51. The van der Waals surface area contributed by atoms with Gasteiger partial charge < -0.3 is 15.4 Å². The highest BCUT2D eigenvalue weighted by Gasteiger charge is 2.35. The third kappa shape index (κ3) is 3.93. The van der Waals surface area contributed by atoms with E-state index < -0.39 is 0 Å². The zero-order valence-electron chi connectivity index (χ0n) is 12.3. The molecule has 2 N–H and O–H groups in total. The first kappa shape index (κ1) is 14.8. The van der Waals surface area contributed by atoms with Gasteiger partial charge in [0.05, 0.1) is 12.2 Å². The van der Waals surface area contributed by atoms with Gasteiger partial charge in [-0.2, -0.15) is 0 Å². The van der Waals surface area contributed by atoms with E-state index in [1.807, 2.05) is 4.90 Å². The maximum atomic E-state index is 12.3. The molecule has 2 aliphatic rings. The molecule has 110 valence electrons. The number of morpholine rings is 1. The van der Waals surface area contributed by atoms with Gasteiger partial charge in [-0.25, -0.2) is 0 Å². The Morgan fingerprint density at radius 2 is 1.89 bits per heavy atom. The summed E-state index contributed by atoms with van der Waals surface area (Å²) in [5, 5.41) is 0. The van der Waals surface area contributed by atoms with Gasteiger partial charge in [-0.05, 0) is 44.1 Å². The van der Waals surface area contributed by atoms with Crippen LogP contribution in [-0.4, -0.2) is 42.6 Å². The van der Waals surface area contributed by atoms with Gasteiger partial charge in [0.15, 0.2) is 0 Å². The van der Waals surface area contributed by atoms with Crippen molar-refractivity contribution in [3.05, 3.63) is 0 Å². The van der Waals surface area contributed by atoms with E-state index in [0.29, 0.717) is 36.4 Å². The predicted molar refractivity (Wildman–Crippen MR) is 75.7 cm³/mol. The molecule has 2 fully saturated rings. The predicted octanol–water partition coefficient (Wildman–Crippen LogP) is 1.78. The van der Waals surface area contributed by atoms with Crippen molar-refractivity contribution in [2.75, 3.05) is 19.6 Å². The Labute approximate surface area is 116 Å². The molecule has 0 spiro atoms. The first-order valence-corrected chi connectivity index (χ1v) is 7.73. The van der Waals surface area contributed by atoms with Crippen LogP contribution in [0.5, 0.6) is 0 Å². The van der Waals surface area contributed by atoms with Crippen LogP contribution in [0.3, 0.4) is 0 Å². The smallest absolute Gasteiger partial charge is 0.222 e. The van der Waals surface area contributed by atoms with Crippen LogP contribution in [0.4, 0.5) is 0 Å². The van der Waals surface area contributed by atoms with Gasteiger partial charge >= 0.3 is 0 Å². The fourth-order valence-electron chi connectivity index (χ4n) is 3.31. The van der Waals surface area contributed by atoms with Crippen molar-refractivity contribution in [3.8, 4) is 0 Å². The SMILES string of the molecule is CC(C)C(CCN)CCC(=O)N1CC2CCC(C1)O2. The molecule has 19 heavy (non-hydrogen) atoms. The molecule has 0 aromatic heterocycles. The number of nitrogens with zero attached hydrogens (tertiary/aromatic N) is 1. The number of hydrogen-bond donors (Lipinski definition) is 1. The van der Waals surface area contributed by atoms with Crippen molar-refractivity contribution in [2.24, 2.45) is 17.6 Å². The summed E-state index contributed by atoms with van der Waals surface area (Å²) in [6, 6.07) is 0. The van der Waals surface area contributed by atoms with Crippen LogP contribution < -0.4 is 5.73 Å². The number of carbonyl (C=O) groups is 1. The quantitative estimate of drug-likeness (QED) is 0.799. The normalized spacial score (nSPS) is 27.9. The standard InChI is InChI=1S/C15H28N2O2/c1-11(2)12(7-8-16)3-6-15(18)17-9-13-4-5-14(10-17)19-13/h11-14H,3-10,16H2,1-2H3. The van der Waals surface area contributed by atoms with Crippen molar-refractivity contribution in [1.82, 2.24) is 4.90 Å². The lowest BCUT2D eigenvalue weighted by Crippen LogP contribution is -2.45. The summed E-state index contributed by atoms with van der Waals surface area (Å²) >= 11 is 0. The van der Waals surface area contributed by atoms with Crippen molar-refractivity contribution < 1.29 is 9.53 Å². The number of fused-ring (bicyclic) bond motifs is 2. The highest BCUT2D eigenvalue weighted by molar-refractivity contribution is 5.76. The van der Waals surface area contributed by atoms with Crippen LogP contribution in [0.15, 0.2) is 0 Å². The number of hydrogen-bond acceptors (Lipinski definition) is 3. The van der Waals surface area contributed by atoms with Gasteiger partial charge in [-0.3, -0.25) is 4.79 Å². The number of likely N-dealkylation sites (tertiary alicyclic amines) is 1. The van der Waals surface area contributed by atoms with Gasteiger partial charge in [0, 0.05) is 19.5 Å². The van der Waals surface area contributed by atoms with Crippen LogP contribution in [0.25, 0.3) is 0 Å². The van der Waals surface area contributed by atoms with Crippen LogP contribution in [0, 0.1) is 11.8 Å². The first-order valence-electron chi connectivity index (χ1n) is 7.73. The first-order chi connectivity index (χ1) is 9.10. The number of ether oxygens (including phenoxy) is 1. The van der Waals surface area contributed by atoms with Crippen LogP contribution in [0.1, 0.15) is 46.0 Å². The van der Waals surface area contributed by atoms with E-state index in [4.69, 9.17) is 10.5 Å². The van der Waals surface area contributed by atoms with E-state index in [1.54, 1.807) is 0 Å². The highest BCUT2D eigenvalue weighted by atomic mass is 16.5. The maximum absolute atomic E-state index is 12.3. The molecule has 2 aliphatic heterocycles. The van der Waals surface area contributed by atoms with Crippen LogP contribution >= 0.6 is 0 Å². The molecule has 3 atom stereocenters. The highest BCUT2D eigenvalue weighted by Crippen LogP contribution is 2.27. The number of rotatable bonds is 6. The van der Waals surface area contributed by atoms with E-state index in [9.17, 15) is 4.79 Å². The monoisotopic (exact) mass is 268 g/mol. The molecule has 2 heterocycles. The number of amides is 1. The summed E-state index contributed by atoms with van der Waals surface area (Å²) in [6.45, 7) is 6.77. The molecule has 2 rings (SSSR count). The van der Waals surface area contributed by atoms with Crippen LogP contribution in [0.2, 0.25) is 0 Å². The average Bonchev–Trinajstić information content (AvgIpc) is 2.72. The summed E-state index contributed by atoms with van der Waals surface area (Å²) in [5.41, 5.74) is 5.65. The molecular formula is C15H28N2O2. The van der Waals surface area contributed by atoms with E-state index >= 15 is 0 Å². The zero-order valence-corrected chi connectivity index (χ0v) is 12.3. The fourth-order valence-corrected chi connectivity index (χ4v) is 3.31. The summed E-state index contributed by atoms with van der Waals surface area (Å²) in [7, 11) is 0. The summed E-state index contributed by atoms with van der Waals surface area (Å²) in [5.74, 6) is 1.49. The van der Waals surface area contributed by atoms with Gasteiger partial charge in [0.25, 0.3) is 0 Å². The van der Waals surface area contributed by atoms with Crippen LogP contribution in [-0.2, 0) is 9.53 Å². The molecule has 0 radical (unpaired) electrons. The Bertz CT molecular complexity index is 295. The Balaban J connectivity index is 1.77. The second-order valence-corrected chi connectivity index (χ2v) is 6.38. The molecule has 0 aromatic rings. The van der Waals surface area contributed by atoms with Crippen molar-refractivity contribution in [2.45, 2.75) is 58.2 Å². The largest absolute Gasteiger partial charge is 0.371 e. The van der Waals surface area contributed by atoms with E-state index in [1.165, 1.54) is 0 Å². The zero-order chi connectivity index (χ0) is 13.8. The fraction of sp³-hybridized carbons (Fsp3) is 0.933. The lowest BCUT2D eigenvalue weighted by molar-refractivity contribution is -0.140.